The van der Waals surface area contributed by atoms with Crippen molar-refractivity contribution in [3.05, 3.63) is 65.9 Å². The molecular weight excluding hydrogens is 220 g/mol. The van der Waals surface area contributed by atoms with Crippen LogP contribution in [0.1, 0.15) is 11.3 Å². The van der Waals surface area contributed by atoms with Gasteiger partial charge in [-0.3, -0.25) is 0 Å². The molecule has 0 unspecified atom stereocenters. The minimum absolute atomic E-state index is 0.849. The summed E-state index contributed by atoms with van der Waals surface area (Å²) in [5, 5.41) is 1.14. The van der Waals surface area contributed by atoms with Crippen LogP contribution in [0.4, 0.5) is 5.69 Å². The van der Waals surface area contributed by atoms with Gasteiger partial charge >= 0.3 is 0 Å². The molecule has 90 valence electrons. The van der Waals surface area contributed by atoms with Gasteiger partial charge < -0.3 is 10.3 Å². The highest BCUT2D eigenvalue weighted by molar-refractivity contribution is 5.92. The van der Waals surface area contributed by atoms with Crippen molar-refractivity contribution in [1.29, 1.82) is 0 Å². The molecule has 0 radical (unpaired) electrons. The Morgan fingerprint density at radius 1 is 1.00 bits per heavy atom. The van der Waals surface area contributed by atoms with Crippen LogP contribution in [0.25, 0.3) is 10.9 Å². The summed E-state index contributed by atoms with van der Waals surface area (Å²) in [6.45, 7) is 3.02. The van der Waals surface area contributed by atoms with Crippen LogP contribution >= 0.6 is 0 Å². The van der Waals surface area contributed by atoms with Crippen LogP contribution in [0, 0.1) is 6.92 Å². The Kier molecular flexibility index (Phi) is 2.56. The number of aromatic nitrogens is 1. The summed E-state index contributed by atoms with van der Waals surface area (Å²) in [7, 11) is 0. The highest BCUT2D eigenvalue weighted by Gasteiger charge is 2.07. The Bertz CT molecular complexity index is 681. The summed E-state index contributed by atoms with van der Waals surface area (Å²) < 4.78 is 2.31. The fourth-order valence-corrected chi connectivity index (χ4v) is 2.42. The molecule has 0 aliphatic carbocycles. The van der Waals surface area contributed by atoms with Crippen LogP contribution in [0.15, 0.2) is 54.6 Å². The molecular formula is C16H16N2. The normalized spacial score (nSPS) is 10.9. The summed E-state index contributed by atoms with van der Waals surface area (Å²) in [6, 6.07) is 18.7. The quantitative estimate of drug-likeness (QED) is 0.677. The Labute approximate surface area is 107 Å². The van der Waals surface area contributed by atoms with Crippen molar-refractivity contribution in [1.82, 2.24) is 4.57 Å². The lowest BCUT2D eigenvalue weighted by molar-refractivity contribution is 0.805. The highest BCUT2D eigenvalue weighted by Crippen LogP contribution is 2.25. The van der Waals surface area contributed by atoms with Gasteiger partial charge in [-0.15, -0.1) is 0 Å². The lowest BCUT2D eigenvalue weighted by Gasteiger charge is -2.08. The average molecular weight is 236 g/mol. The molecule has 0 spiro atoms. The lowest BCUT2D eigenvalue weighted by Crippen LogP contribution is -2.01. The maximum absolute atomic E-state index is 6.02. The largest absolute Gasteiger partial charge is 0.398 e. The van der Waals surface area contributed by atoms with Crippen LogP contribution < -0.4 is 5.73 Å². The van der Waals surface area contributed by atoms with Crippen molar-refractivity contribution < 1.29 is 0 Å². The average Bonchev–Trinajstić information content (AvgIpc) is 2.70. The monoisotopic (exact) mass is 236 g/mol. The van der Waals surface area contributed by atoms with Crippen LogP contribution in [0.5, 0.6) is 0 Å². The fourth-order valence-electron chi connectivity index (χ4n) is 2.42. The van der Waals surface area contributed by atoms with Gasteiger partial charge in [0.1, 0.15) is 0 Å². The molecule has 2 heteroatoms. The number of fused-ring (bicyclic) bond motifs is 1. The van der Waals surface area contributed by atoms with Gasteiger partial charge in [0.2, 0.25) is 0 Å². The second-order valence-electron chi connectivity index (χ2n) is 4.64. The van der Waals surface area contributed by atoms with Gasteiger partial charge in [0.15, 0.2) is 0 Å². The topological polar surface area (TPSA) is 30.9 Å². The Balaban J connectivity index is 2.12. The van der Waals surface area contributed by atoms with E-state index in [4.69, 9.17) is 5.73 Å². The first-order chi connectivity index (χ1) is 8.75. The van der Waals surface area contributed by atoms with E-state index < -0.39 is 0 Å². The SMILES string of the molecule is Cc1cc2c(N)cccc2n1Cc1ccccc1. The van der Waals surface area contributed by atoms with Gasteiger partial charge in [0, 0.05) is 23.3 Å². The Morgan fingerprint density at radius 3 is 2.56 bits per heavy atom. The van der Waals surface area contributed by atoms with Crippen molar-refractivity contribution in [2.45, 2.75) is 13.5 Å². The zero-order chi connectivity index (χ0) is 12.5. The van der Waals surface area contributed by atoms with Gasteiger partial charge in [0.05, 0.1) is 5.52 Å². The number of nitrogens with two attached hydrogens (primary N) is 1. The molecule has 3 aromatic rings. The molecule has 0 atom stereocenters. The van der Waals surface area contributed by atoms with Gasteiger partial charge in [-0.05, 0) is 30.7 Å². The van der Waals surface area contributed by atoms with E-state index in [1.165, 1.54) is 16.8 Å². The maximum Gasteiger partial charge on any atom is 0.0506 e. The minimum Gasteiger partial charge on any atom is -0.398 e. The number of aryl methyl sites for hydroxylation is 1. The summed E-state index contributed by atoms with van der Waals surface area (Å²) in [5.41, 5.74) is 10.6. The van der Waals surface area contributed by atoms with Crippen molar-refractivity contribution in [2.75, 3.05) is 5.73 Å². The third kappa shape index (κ3) is 1.76. The number of nitrogen functional groups attached to an aromatic ring is 1. The Hall–Kier alpha value is -2.22. The molecule has 0 aliphatic heterocycles. The van der Waals surface area contributed by atoms with Gasteiger partial charge in [-0.25, -0.2) is 0 Å². The summed E-state index contributed by atoms with van der Waals surface area (Å²) in [6.07, 6.45) is 0. The number of nitrogens with zero attached hydrogens (tertiary/aromatic N) is 1. The minimum atomic E-state index is 0.849. The third-order valence-corrected chi connectivity index (χ3v) is 3.37. The van der Waals surface area contributed by atoms with Gasteiger partial charge in [-0.1, -0.05) is 36.4 Å². The van der Waals surface area contributed by atoms with Crippen molar-refractivity contribution in [2.24, 2.45) is 0 Å². The molecule has 3 rings (SSSR count). The first kappa shape index (κ1) is 10.9. The molecule has 2 N–H and O–H groups in total. The Morgan fingerprint density at radius 2 is 1.78 bits per heavy atom. The smallest absolute Gasteiger partial charge is 0.0506 e. The molecule has 0 bridgehead atoms. The molecule has 1 heterocycles. The van der Waals surface area contributed by atoms with E-state index in [1.807, 2.05) is 18.2 Å². The van der Waals surface area contributed by atoms with Crippen LogP contribution in [-0.2, 0) is 6.54 Å². The van der Waals surface area contributed by atoms with Crippen LogP contribution in [0.2, 0.25) is 0 Å². The number of rotatable bonds is 2. The first-order valence-electron chi connectivity index (χ1n) is 6.14. The standard InChI is InChI=1S/C16H16N2/c1-12-10-14-15(17)8-5-9-16(14)18(12)11-13-6-3-2-4-7-13/h2-10H,11,17H2,1H3. The molecule has 2 nitrogen and oxygen atoms in total. The number of anilines is 1. The van der Waals surface area contributed by atoms with Crippen molar-refractivity contribution in [3.8, 4) is 0 Å². The van der Waals surface area contributed by atoms with E-state index >= 15 is 0 Å². The van der Waals surface area contributed by atoms with Crippen molar-refractivity contribution in [3.63, 3.8) is 0 Å². The predicted molar refractivity (Wildman–Crippen MR) is 76.6 cm³/mol. The summed E-state index contributed by atoms with van der Waals surface area (Å²) in [5.74, 6) is 0. The van der Waals surface area contributed by atoms with Gasteiger partial charge in [-0.2, -0.15) is 0 Å². The van der Waals surface area contributed by atoms with E-state index in [1.54, 1.807) is 0 Å². The summed E-state index contributed by atoms with van der Waals surface area (Å²) in [4.78, 5) is 0. The molecule has 18 heavy (non-hydrogen) atoms. The molecule has 0 saturated carbocycles. The molecule has 1 aromatic heterocycles. The molecule has 0 fully saturated rings. The van der Waals surface area contributed by atoms with E-state index in [9.17, 15) is 0 Å². The molecule has 0 aliphatic rings. The highest BCUT2D eigenvalue weighted by atomic mass is 15.0. The number of hydrogen-bond acceptors (Lipinski definition) is 1. The van der Waals surface area contributed by atoms with Crippen LogP contribution in [0.3, 0.4) is 0 Å². The van der Waals surface area contributed by atoms with E-state index in [0.29, 0.717) is 0 Å². The number of hydrogen-bond donors (Lipinski definition) is 1. The second kappa shape index (κ2) is 4.22. The molecule has 0 amide bonds. The third-order valence-electron chi connectivity index (χ3n) is 3.37. The van der Waals surface area contributed by atoms with Crippen LogP contribution in [-0.4, -0.2) is 4.57 Å². The molecule has 2 aromatic carbocycles. The zero-order valence-electron chi connectivity index (χ0n) is 10.4. The number of benzene rings is 2. The summed E-state index contributed by atoms with van der Waals surface area (Å²) >= 11 is 0. The maximum atomic E-state index is 6.02. The first-order valence-corrected chi connectivity index (χ1v) is 6.14. The zero-order valence-corrected chi connectivity index (χ0v) is 10.4. The fraction of sp³-hybridized carbons (Fsp3) is 0.125. The van der Waals surface area contributed by atoms with Crippen molar-refractivity contribution >= 4 is 16.6 Å². The van der Waals surface area contributed by atoms with E-state index in [-0.39, 0.29) is 0 Å². The second-order valence-corrected chi connectivity index (χ2v) is 4.64. The molecule has 0 saturated heterocycles. The van der Waals surface area contributed by atoms with E-state index in [0.717, 1.165) is 17.6 Å². The van der Waals surface area contributed by atoms with Gasteiger partial charge in [0.25, 0.3) is 0 Å². The predicted octanol–water partition coefficient (Wildman–Crippen LogP) is 3.58. The lowest BCUT2D eigenvalue weighted by atomic mass is 10.2. The van der Waals surface area contributed by atoms with E-state index in [2.05, 4.69) is 47.9 Å².